The van der Waals surface area contributed by atoms with Crippen molar-refractivity contribution in [1.82, 2.24) is 0 Å². The van der Waals surface area contributed by atoms with Crippen LogP contribution in [0.3, 0.4) is 0 Å². The molecule has 0 radical (unpaired) electrons. The number of halogens is 2. The van der Waals surface area contributed by atoms with Crippen LogP contribution < -0.4 is 0 Å². The molecule has 3 heteroatoms. The third kappa shape index (κ3) is 9.85. The third-order valence-corrected chi connectivity index (χ3v) is 3.65. The summed E-state index contributed by atoms with van der Waals surface area (Å²) in [7, 11) is 1.22. The zero-order valence-electron chi connectivity index (χ0n) is 16.7. The summed E-state index contributed by atoms with van der Waals surface area (Å²) in [6.07, 6.45) is 5.52. The van der Waals surface area contributed by atoms with Crippen LogP contribution in [0.5, 0.6) is 0 Å². The molecule has 0 fully saturated rings. The van der Waals surface area contributed by atoms with Crippen LogP contribution in [0.4, 0.5) is 8.78 Å². The van der Waals surface area contributed by atoms with Crippen LogP contribution in [-0.2, 0) is 4.74 Å². The molecule has 0 bridgehead atoms. The van der Waals surface area contributed by atoms with E-state index >= 15 is 0 Å². The predicted octanol–water partition coefficient (Wildman–Crippen LogP) is 7.62. The number of hydrogen-bond donors (Lipinski definition) is 0. The Labute approximate surface area is 153 Å². The smallest absolute Gasteiger partial charge is 0.200 e. The van der Waals surface area contributed by atoms with Gasteiger partial charge in [0.05, 0.1) is 7.11 Å². The van der Waals surface area contributed by atoms with Crippen LogP contribution in [0.25, 0.3) is 0 Å². The van der Waals surface area contributed by atoms with Gasteiger partial charge in [-0.3, -0.25) is 0 Å². The van der Waals surface area contributed by atoms with E-state index in [1.54, 1.807) is 12.2 Å². The molecule has 0 aromatic carbocycles. The highest BCUT2D eigenvalue weighted by molar-refractivity contribution is 5.49. The Balaban J connectivity index is 0. The maximum absolute atomic E-state index is 13.9. The number of rotatable bonds is 10. The van der Waals surface area contributed by atoms with Crippen LogP contribution in [0.15, 0.2) is 72.6 Å². The summed E-state index contributed by atoms with van der Waals surface area (Å²) in [6.45, 7) is 25.0. The van der Waals surface area contributed by atoms with Gasteiger partial charge in [-0.25, -0.2) is 4.39 Å². The fourth-order valence-electron chi connectivity index (χ4n) is 1.73. The first-order chi connectivity index (χ1) is 11.6. The third-order valence-electron chi connectivity index (χ3n) is 3.65. The molecule has 0 heterocycles. The lowest BCUT2D eigenvalue weighted by Crippen LogP contribution is -1.99. The SMILES string of the molecule is C=C(/C=C\C(=C)C(C)CCC(C)C)C(=C)/C(F)=C(/F)C(=C)OC.CC. The van der Waals surface area contributed by atoms with Crippen LogP contribution in [0.1, 0.15) is 47.5 Å². The van der Waals surface area contributed by atoms with Gasteiger partial charge in [0.15, 0.2) is 5.83 Å². The fourth-order valence-corrected chi connectivity index (χ4v) is 1.73. The molecule has 142 valence electrons. The molecule has 0 aromatic rings. The van der Waals surface area contributed by atoms with Gasteiger partial charge in [-0.2, -0.15) is 4.39 Å². The summed E-state index contributed by atoms with van der Waals surface area (Å²) in [6, 6.07) is 0. The molecule has 0 aromatic heterocycles. The molecule has 0 amide bonds. The van der Waals surface area contributed by atoms with Crippen molar-refractivity contribution in [2.45, 2.75) is 47.5 Å². The van der Waals surface area contributed by atoms with E-state index in [9.17, 15) is 8.78 Å². The first-order valence-electron chi connectivity index (χ1n) is 8.65. The zero-order valence-corrected chi connectivity index (χ0v) is 16.7. The van der Waals surface area contributed by atoms with E-state index < -0.39 is 11.7 Å². The van der Waals surface area contributed by atoms with Crippen molar-refractivity contribution in [1.29, 1.82) is 0 Å². The summed E-state index contributed by atoms with van der Waals surface area (Å²) >= 11 is 0. The Hall–Kier alpha value is -1.90. The largest absolute Gasteiger partial charge is 0.494 e. The number of ether oxygens (including phenoxy) is 1. The Morgan fingerprint density at radius 3 is 1.88 bits per heavy atom. The molecular weight excluding hydrogens is 318 g/mol. The van der Waals surface area contributed by atoms with Gasteiger partial charge >= 0.3 is 0 Å². The van der Waals surface area contributed by atoms with E-state index in [4.69, 9.17) is 0 Å². The first kappa shape index (κ1) is 25.3. The van der Waals surface area contributed by atoms with Gasteiger partial charge in [-0.1, -0.05) is 85.1 Å². The van der Waals surface area contributed by atoms with Crippen molar-refractivity contribution in [3.8, 4) is 0 Å². The number of hydrogen-bond acceptors (Lipinski definition) is 1. The van der Waals surface area contributed by atoms with E-state index in [1.165, 1.54) is 7.11 Å². The zero-order chi connectivity index (χ0) is 20.2. The van der Waals surface area contributed by atoms with Crippen LogP contribution in [-0.4, -0.2) is 7.11 Å². The lowest BCUT2D eigenvalue weighted by molar-refractivity contribution is 0.281. The molecule has 0 N–H and O–H groups in total. The van der Waals surface area contributed by atoms with Gasteiger partial charge < -0.3 is 4.74 Å². The van der Waals surface area contributed by atoms with E-state index in [1.807, 2.05) is 13.8 Å². The van der Waals surface area contributed by atoms with Gasteiger partial charge in [0, 0.05) is 5.57 Å². The monoisotopic (exact) mass is 352 g/mol. The first-order valence-corrected chi connectivity index (χ1v) is 8.65. The van der Waals surface area contributed by atoms with Crippen LogP contribution in [0, 0.1) is 11.8 Å². The van der Waals surface area contributed by atoms with Crippen molar-refractivity contribution in [3.05, 3.63) is 72.6 Å². The standard InChI is InChI=1S/C20H28F2O.C2H6/c1-13(2)9-10-14(3)15(4)11-12-16(5)17(6)19(21)20(22)18(7)23-8;1-2/h11-14H,4-7,9-10H2,1-3,8H3;1-2H3/b12-11-,20-19-;. The van der Waals surface area contributed by atoms with E-state index in [-0.39, 0.29) is 16.9 Å². The summed E-state index contributed by atoms with van der Waals surface area (Å²) in [5.41, 5.74) is 1.06. The average molecular weight is 353 g/mol. The molecule has 25 heavy (non-hydrogen) atoms. The predicted molar refractivity (Wildman–Crippen MR) is 107 cm³/mol. The number of methoxy groups -OCH3 is 1. The second kappa shape index (κ2) is 13.4. The highest BCUT2D eigenvalue weighted by Crippen LogP contribution is 2.27. The molecule has 1 nitrogen and oxygen atoms in total. The minimum atomic E-state index is -1.17. The summed E-state index contributed by atoms with van der Waals surface area (Å²) in [4.78, 5) is 0. The number of allylic oxidation sites excluding steroid dienone is 7. The van der Waals surface area contributed by atoms with Gasteiger partial charge in [0.2, 0.25) is 5.83 Å². The van der Waals surface area contributed by atoms with Gasteiger partial charge in [0.25, 0.3) is 0 Å². The topological polar surface area (TPSA) is 9.23 Å². The molecular formula is C22H34F2O. The average Bonchev–Trinajstić information content (AvgIpc) is 2.62. The van der Waals surface area contributed by atoms with Crippen molar-refractivity contribution in [2.75, 3.05) is 7.11 Å². The summed E-state index contributed by atoms with van der Waals surface area (Å²) in [5.74, 6) is -1.71. The van der Waals surface area contributed by atoms with Gasteiger partial charge in [-0.15, -0.1) is 0 Å². The molecule has 0 aliphatic rings. The lowest BCUT2D eigenvalue weighted by atomic mass is 9.93. The lowest BCUT2D eigenvalue weighted by Gasteiger charge is -2.13. The van der Waals surface area contributed by atoms with E-state index in [2.05, 4.69) is 51.8 Å². The molecule has 1 atom stereocenters. The van der Waals surface area contributed by atoms with Crippen molar-refractivity contribution in [2.24, 2.45) is 11.8 Å². The Morgan fingerprint density at radius 2 is 1.44 bits per heavy atom. The second-order valence-electron chi connectivity index (χ2n) is 6.04. The van der Waals surface area contributed by atoms with Crippen molar-refractivity contribution >= 4 is 0 Å². The van der Waals surface area contributed by atoms with Crippen LogP contribution >= 0.6 is 0 Å². The molecule has 0 aliphatic carbocycles. The molecule has 1 unspecified atom stereocenters. The molecule has 0 saturated carbocycles. The van der Waals surface area contributed by atoms with Crippen LogP contribution in [0.2, 0.25) is 0 Å². The Kier molecular flexibility index (Phi) is 13.6. The molecule has 0 aliphatic heterocycles. The van der Waals surface area contributed by atoms with Crippen molar-refractivity contribution < 1.29 is 13.5 Å². The normalized spacial score (nSPS) is 12.8. The maximum atomic E-state index is 13.9. The fraction of sp³-hybridized carbons (Fsp3) is 0.455. The highest BCUT2D eigenvalue weighted by atomic mass is 19.2. The Morgan fingerprint density at radius 1 is 0.920 bits per heavy atom. The minimum absolute atomic E-state index is 0.139. The van der Waals surface area contributed by atoms with E-state index in [0.717, 1.165) is 18.4 Å². The molecule has 0 rings (SSSR count). The van der Waals surface area contributed by atoms with E-state index in [0.29, 0.717) is 11.8 Å². The Bertz CT molecular complexity index is 536. The molecule has 0 spiro atoms. The quantitative estimate of drug-likeness (QED) is 0.290. The van der Waals surface area contributed by atoms with Gasteiger partial charge in [-0.05, 0) is 23.8 Å². The van der Waals surface area contributed by atoms with Crippen molar-refractivity contribution in [3.63, 3.8) is 0 Å². The van der Waals surface area contributed by atoms with Gasteiger partial charge in [0.1, 0.15) is 5.76 Å². The summed E-state index contributed by atoms with van der Waals surface area (Å²) in [5, 5.41) is 0. The minimum Gasteiger partial charge on any atom is -0.494 e. The highest BCUT2D eigenvalue weighted by Gasteiger charge is 2.15. The second-order valence-corrected chi connectivity index (χ2v) is 6.04. The summed E-state index contributed by atoms with van der Waals surface area (Å²) < 4.78 is 32.1. The molecule has 0 saturated heterocycles. The maximum Gasteiger partial charge on any atom is 0.200 e.